The second-order valence-electron chi connectivity index (χ2n) is 1.52. The highest BCUT2D eigenvalue weighted by Crippen LogP contribution is 2.45. The van der Waals surface area contributed by atoms with E-state index in [0.29, 0.717) is 0 Å². The van der Waals surface area contributed by atoms with Crippen LogP contribution in [0.15, 0.2) is 0 Å². The highest BCUT2D eigenvalue weighted by atomic mass is 32.0. The minimum absolute atomic E-state index is 0.155. The fraction of sp³-hybridized carbons (Fsp3) is 1.00. The van der Waals surface area contributed by atoms with Crippen LogP contribution in [0.1, 0.15) is 13.8 Å². The molecule has 0 nitrogen and oxygen atoms in total. The fourth-order valence-electron chi connectivity index (χ4n) is 0.230. The molecule has 4 unspecified atom stereocenters. The number of halogens is 2. The fourth-order valence-corrected chi connectivity index (χ4v) is 2.07. The van der Waals surface area contributed by atoms with Crippen molar-refractivity contribution in [2.75, 3.05) is 0 Å². The third kappa shape index (κ3) is 6.72. The highest BCUT2D eigenvalue weighted by Gasteiger charge is 2.00. The van der Waals surface area contributed by atoms with E-state index in [1.165, 1.54) is 13.8 Å². The molecule has 50 valence electrons. The number of hydrogen-bond donors (Lipinski definition) is 0. The lowest BCUT2D eigenvalue weighted by molar-refractivity contribution is 0.475. The Morgan fingerprint density at radius 1 is 1.00 bits per heavy atom. The van der Waals surface area contributed by atoms with Crippen molar-refractivity contribution >= 4 is 16.5 Å². The van der Waals surface area contributed by atoms with Crippen LogP contribution in [0, 0.1) is 0 Å². The molecule has 0 spiro atoms. The zero-order valence-corrected chi connectivity index (χ0v) is 6.91. The van der Waals surface area contributed by atoms with E-state index in [1.807, 2.05) is 0 Å². The van der Waals surface area contributed by atoms with Gasteiger partial charge >= 0.3 is 0 Å². The van der Waals surface area contributed by atoms with E-state index in [4.69, 9.17) is 0 Å². The summed E-state index contributed by atoms with van der Waals surface area (Å²) in [4.78, 5) is 0. The van der Waals surface area contributed by atoms with Crippen molar-refractivity contribution in [3.63, 3.8) is 0 Å². The van der Waals surface area contributed by atoms with Crippen molar-refractivity contribution in [1.29, 1.82) is 0 Å². The average Bonchev–Trinajstić information content (AvgIpc) is 1.61. The van der Waals surface area contributed by atoms with Crippen molar-refractivity contribution in [1.82, 2.24) is 0 Å². The quantitative estimate of drug-likeness (QED) is 0.554. The Morgan fingerprint density at radius 3 is 1.38 bits per heavy atom. The Morgan fingerprint density at radius 2 is 1.25 bits per heavy atom. The summed E-state index contributed by atoms with van der Waals surface area (Å²) in [6, 6.07) is 0. The van der Waals surface area contributed by atoms with E-state index >= 15 is 0 Å². The van der Waals surface area contributed by atoms with Crippen LogP contribution in [-0.4, -0.2) is 11.8 Å². The largest absolute Gasteiger partial charge is 0.243 e. The number of hydrogen-bond acceptors (Lipinski definition) is 0. The Balaban J connectivity index is 2.93. The summed E-state index contributed by atoms with van der Waals surface area (Å²) < 4.78 is 23.8. The van der Waals surface area contributed by atoms with Crippen molar-refractivity contribution in [3.8, 4) is 0 Å². The Bertz CT molecular complexity index is 48.0. The second kappa shape index (κ2) is 4.58. The zero-order chi connectivity index (χ0) is 6.57. The molecule has 4 heteroatoms. The lowest BCUT2D eigenvalue weighted by Gasteiger charge is -2.01. The molecule has 4 atom stereocenters. The summed E-state index contributed by atoms with van der Waals surface area (Å²) in [5.74, 6) is -1.63. The van der Waals surface area contributed by atoms with Crippen LogP contribution in [-0.2, 0) is 0 Å². The van der Waals surface area contributed by atoms with Gasteiger partial charge in [-0.05, 0) is 13.8 Å². The first-order valence-electron chi connectivity index (χ1n) is 2.42. The molecule has 0 aliphatic heterocycles. The molecular formula is C4H10F2P2. The molecule has 0 heterocycles. The molecule has 0 saturated heterocycles. The molecule has 0 amide bonds. The first kappa shape index (κ1) is 8.72. The molecule has 0 aromatic heterocycles. The average molecular weight is 158 g/mol. The Hall–Kier alpha value is 0.720. The van der Waals surface area contributed by atoms with E-state index in [2.05, 4.69) is 0 Å². The summed E-state index contributed by atoms with van der Waals surface area (Å²) in [6.45, 7) is 2.93. The van der Waals surface area contributed by atoms with Gasteiger partial charge in [0.25, 0.3) is 0 Å². The van der Waals surface area contributed by atoms with Gasteiger partial charge in [-0.25, -0.2) is 8.78 Å². The molecule has 0 fully saturated rings. The van der Waals surface area contributed by atoms with Crippen LogP contribution < -0.4 is 0 Å². The minimum Gasteiger partial charge on any atom is -0.243 e. The van der Waals surface area contributed by atoms with Crippen LogP contribution in [0.25, 0.3) is 0 Å². The molecule has 0 N–H and O–H groups in total. The summed E-state index contributed by atoms with van der Waals surface area (Å²) in [5, 5.41) is 0. The maximum Gasteiger partial charge on any atom is 0.117 e. The van der Waals surface area contributed by atoms with E-state index in [0.717, 1.165) is 0 Å². The SMILES string of the molecule is CC(F)PPC(C)F. The predicted molar refractivity (Wildman–Crippen MR) is 37.8 cm³/mol. The summed E-state index contributed by atoms with van der Waals surface area (Å²) in [6.07, 6.45) is 0. The van der Waals surface area contributed by atoms with Gasteiger partial charge in [-0.15, -0.1) is 0 Å². The normalized spacial score (nSPS) is 21.0. The maximum atomic E-state index is 11.9. The topological polar surface area (TPSA) is 0 Å². The molecule has 0 aromatic carbocycles. The van der Waals surface area contributed by atoms with E-state index in [9.17, 15) is 8.78 Å². The van der Waals surface area contributed by atoms with Gasteiger partial charge in [0.05, 0.1) is 0 Å². The van der Waals surface area contributed by atoms with Crippen LogP contribution >= 0.6 is 16.5 Å². The van der Waals surface area contributed by atoms with Gasteiger partial charge < -0.3 is 0 Å². The molecule has 0 aromatic rings. The van der Waals surface area contributed by atoms with Crippen molar-refractivity contribution in [2.45, 2.75) is 25.7 Å². The minimum atomic E-state index is -0.813. The molecule has 0 rings (SSSR count). The lowest BCUT2D eigenvalue weighted by atomic mass is 10.9. The standard InChI is InChI=1S/C4H10F2P2/c1-3(5)7-8-4(2)6/h3-4,7-8H,1-2H3. The molecule has 0 aliphatic carbocycles. The molecule has 0 saturated carbocycles. The molecular weight excluding hydrogens is 148 g/mol. The van der Waals surface area contributed by atoms with Gasteiger partial charge in [-0.1, -0.05) is 16.5 Å². The van der Waals surface area contributed by atoms with Gasteiger partial charge in [-0.3, -0.25) is 0 Å². The Labute approximate surface area is 51.9 Å². The van der Waals surface area contributed by atoms with Crippen molar-refractivity contribution in [3.05, 3.63) is 0 Å². The summed E-state index contributed by atoms with van der Waals surface area (Å²) in [7, 11) is 0.310. The van der Waals surface area contributed by atoms with Crippen LogP contribution in [0.4, 0.5) is 8.78 Å². The van der Waals surface area contributed by atoms with Gasteiger partial charge in [0.1, 0.15) is 11.8 Å². The van der Waals surface area contributed by atoms with E-state index < -0.39 is 11.8 Å². The Kier molecular flexibility index (Phi) is 5.00. The van der Waals surface area contributed by atoms with Crippen LogP contribution in [0.5, 0.6) is 0 Å². The molecule has 0 aliphatic rings. The second-order valence-corrected chi connectivity index (χ2v) is 5.42. The van der Waals surface area contributed by atoms with Gasteiger partial charge in [0.2, 0.25) is 0 Å². The highest BCUT2D eigenvalue weighted by molar-refractivity contribution is 8.12. The van der Waals surface area contributed by atoms with Crippen molar-refractivity contribution in [2.24, 2.45) is 0 Å². The van der Waals surface area contributed by atoms with Gasteiger partial charge in [0.15, 0.2) is 0 Å². The molecule has 0 radical (unpaired) electrons. The molecule has 8 heavy (non-hydrogen) atoms. The zero-order valence-electron chi connectivity index (χ0n) is 4.91. The third-order valence-electron chi connectivity index (χ3n) is 0.481. The summed E-state index contributed by atoms with van der Waals surface area (Å²) >= 11 is 0. The lowest BCUT2D eigenvalue weighted by Crippen LogP contribution is -1.78. The first-order chi connectivity index (χ1) is 3.63. The first-order valence-corrected chi connectivity index (χ1v) is 5.57. The maximum absolute atomic E-state index is 11.9. The van der Waals surface area contributed by atoms with Gasteiger partial charge in [0, 0.05) is 0 Å². The third-order valence-corrected chi connectivity index (χ3v) is 4.33. The summed E-state index contributed by atoms with van der Waals surface area (Å²) in [5.41, 5.74) is 0. The van der Waals surface area contributed by atoms with Crippen LogP contribution in [0.2, 0.25) is 0 Å². The van der Waals surface area contributed by atoms with E-state index in [1.54, 1.807) is 0 Å². The monoisotopic (exact) mass is 158 g/mol. The number of rotatable bonds is 3. The predicted octanol–water partition coefficient (Wildman–Crippen LogP) is 2.89. The van der Waals surface area contributed by atoms with Crippen LogP contribution in [0.3, 0.4) is 0 Å². The van der Waals surface area contributed by atoms with E-state index in [-0.39, 0.29) is 16.5 Å². The molecule has 0 bridgehead atoms. The number of alkyl halides is 2. The van der Waals surface area contributed by atoms with Gasteiger partial charge in [-0.2, -0.15) is 0 Å². The van der Waals surface area contributed by atoms with Crippen molar-refractivity contribution < 1.29 is 8.78 Å². The smallest absolute Gasteiger partial charge is 0.117 e.